The van der Waals surface area contributed by atoms with E-state index in [0.717, 1.165) is 14.9 Å². The van der Waals surface area contributed by atoms with Crippen LogP contribution in [0.1, 0.15) is 18.4 Å². The summed E-state index contributed by atoms with van der Waals surface area (Å²) in [5.74, 6) is -1.51. The van der Waals surface area contributed by atoms with E-state index >= 15 is 0 Å². The predicted molar refractivity (Wildman–Crippen MR) is 91.1 cm³/mol. The molecule has 4 amide bonds. The summed E-state index contributed by atoms with van der Waals surface area (Å²) >= 11 is 3.35. The number of rotatable bonds is 5. The summed E-state index contributed by atoms with van der Waals surface area (Å²) in [6.07, 6.45) is 0.276. The van der Waals surface area contributed by atoms with Crippen molar-refractivity contribution in [1.82, 2.24) is 9.80 Å². The van der Waals surface area contributed by atoms with Crippen LogP contribution in [0.5, 0.6) is 0 Å². The van der Waals surface area contributed by atoms with Crippen molar-refractivity contribution < 1.29 is 19.2 Å². The van der Waals surface area contributed by atoms with E-state index < -0.39 is 5.91 Å². The smallest absolute Gasteiger partial charge is 0.243 e. The number of halogens is 1. The second-order valence-corrected chi connectivity index (χ2v) is 6.55. The van der Waals surface area contributed by atoms with E-state index in [1.165, 1.54) is 11.9 Å². The number of carbonyl (C=O) groups is 4. The fourth-order valence-electron chi connectivity index (χ4n) is 2.32. The second kappa shape index (κ2) is 7.57. The molecule has 1 fully saturated rings. The zero-order valence-electron chi connectivity index (χ0n) is 13.5. The molecule has 0 bridgehead atoms. The maximum Gasteiger partial charge on any atom is 0.243 e. The summed E-state index contributed by atoms with van der Waals surface area (Å²) in [7, 11) is 1.46. The minimum absolute atomic E-state index is 0.138. The van der Waals surface area contributed by atoms with Crippen molar-refractivity contribution in [1.29, 1.82) is 0 Å². The Balaban J connectivity index is 1.89. The number of carbonyl (C=O) groups excluding carboxylic acids is 4. The standard InChI is InChI=1S/C16H18BrN3O4/c1-10-7-11(17)3-4-12(10)18-13(21)8-19(2)16(24)9-20-14(22)5-6-15(20)23/h3-4,7H,5-6,8-9H2,1-2H3,(H,18,21). The van der Waals surface area contributed by atoms with Gasteiger partial charge in [-0.05, 0) is 30.7 Å². The van der Waals surface area contributed by atoms with Gasteiger partial charge in [-0.15, -0.1) is 0 Å². The number of imide groups is 1. The fraction of sp³-hybridized carbons (Fsp3) is 0.375. The van der Waals surface area contributed by atoms with Crippen molar-refractivity contribution >= 4 is 45.2 Å². The second-order valence-electron chi connectivity index (χ2n) is 5.63. The lowest BCUT2D eigenvalue weighted by Crippen LogP contribution is -2.43. The first-order valence-corrected chi connectivity index (χ1v) is 8.20. The van der Waals surface area contributed by atoms with Crippen LogP contribution >= 0.6 is 15.9 Å². The molecule has 2 rings (SSSR count). The van der Waals surface area contributed by atoms with Gasteiger partial charge in [-0.25, -0.2) is 0 Å². The van der Waals surface area contributed by atoms with Crippen molar-refractivity contribution in [2.45, 2.75) is 19.8 Å². The van der Waals surface area contributed by atoms with Gasteiger partial charge in [0.25, 0.3) is 0 Å². The summed E-state index contributed by atoms with van der Waals surface area (Å²) in [5, 5.41) is 2.73. The molecule has 0 atom stereocenters. The van der Waals surface area contributed by atoms with Crippen molar-refractivity contribution in [2.24, 2.45) is 0 Å². The normalized spacial score (nSPS) is 14.0. The number of anilines is 1. The Hall–Kier alpha value is -2.22. The zero-order chi connectivity index (χ0) is 17.9. The van der Waals surface area contributed by atoms with E-state index in [-0.39, 0.29) is 43.7 Å². The molecular formula is C16H18BrN3O4. The molecule has 1 saturated heterocycles. The number of hydrogen-bond acceptors (Lipinski definition) is 4. The molecule has 8 heteroatoms. The van der Waals surface area contributed by atoms with Crippen LogP contribution in [0.15, 0.2) is 22.7 Å². The van der Waals surface area contributed by atoms with Crippen LogP contribution in [0.2, 0.25) is 0 Å². The molecule has 1 aromatic carbocycles. The van der Waals surface area contributed by atoms with Gasteiger partial charge in [0.15, 0.2) is 0 Å². The van der Waals surface area contributed by atoms with Gasteiger partial charge in [0, 0.05) is 30.0 Å². The van der Waals surface area contributed by atoms with E-state index in [0.29, 0.717) is 5.69 Å². The van der Waals surface area contributed by atoms with Crippen molar-refractivity contribution in [3.8, 4) is 0 Å². The lowest BCUT2D eigenvalue weighted by atomic mass is 10.2. The average molecular weight is 396 g/mol. The molecule has 1 N–H and O–H groups in total. The van der Waals surface area contributed by atoms with Gasteiger partial charge < -0.3 is 10.2 Å². The zero-order valence-corrected chi connectivity index (χ0v) is 15.1. The molecule has 0 saturated carbocycles. The minimum Gasteiger partial charge on any atom is -0.335 e. The van der Waals surface area contributed by atoms with E-state index in [4.69, 9.17) is 0 Å². The quantitative estimate of drug-likeness (QED) is 0.761. The third-order valence-electron chi connectivity index (χ3n) is 3.72. The molecular weight excluding hydrogens is 378 g/mol. The Morgan fingerprint density at radius 1 is 1.25 bits per heavy atom. The maximum atomic E-state index is 12.1. The van der Waals surface area contributed by atoms with Crippen LogP contribution in [0, 0.1) is 6.92 Å². The van der Waals surface area contributed by atoms with Crippen LogP contribution in [0.4, 0.5) is 5.69 Å². The van der Waals surface area contributed by atoms with E-state index in [1.54, 1.807) is 6.07 Å². The van der Waals surface area contributed by atoms with Gasteiger partial charge in [0.2, 0.25) is 23.6 Å². The third-order valence-corrected chi connectivity index (χ3v) is 4.21. The molecule has 1 aliphatic heterocycles. The first kappa shape index (κ1) is 18.1. The van der Waals surface area contributed by atoms with Gasteiger partial charge in [-0.3, -0.25) is 24.1 Å². The van der Waals surface area contributed by atoms with Crippen LogP contribution in [0.3, 0.4) is 0 Å². The molecule has 0 aliphatic carbocycles. The largest absolute Gasteiger partial charge is 0.335 e. The predicted octanol–water partition coefficient (Wildman–Crippen LogP) is 1.30. The molecule has 128 valence electrons. The Labute approximate surface area is 148 Å². The van der Waals surface area contributed by atoms with Crippen molar-refractivity contribution in [3.05, 3.63) is 28.2 Å². The van der Waals surface area contributed by atoms with Gasteiger partial charge in [0.1, 0.15) is 6.54 Å². The molecule has 1 aliphatic rings. The summed E-state index contributed by atoms with van der Waals surface area (Å²) in [6.45, 7) is 1.38. The highest BCUT2D eigenvalue weighted by Crippen LogP contribution is 2.20. The highest BCUT2D eigenvalue weighted by molar-refractivity contribution is 9.10. The van der Waals surface area contributed by atoms with E-state index in [9.17, 15) is 19.2 Å². The first-order chi connectivity index (χ1) is 11.3. The van der Waals surface area contributed by atoms with E-state index in [2.05, 4.69) is 21.2 Å². The van der Waals surface area contributed by atoms with Crippen LogP contribution in [-0.4, -0.2) is 53.6 Å². The number of nitrogens with zero attached hydrogens (tertiary/aromatic N) is 2. The Kier molecular flexibility index (Phi) is 5.71. The molecule has 0 aromatic heterocycles. The highest BCUT2D eigenvalue weighted by Gasteiger charge is 2.31. The number of hydrogen-bond donors (Lipinski definition) is 1. The maximum absolute atomic E-state index is 12.1. The lowest BCUT2D eigenvalue weighted by Gasteiger charge is -2.20. The summed E-state index contributed by atoms with van der Waals surface area (Å²) in [4.78, 5) is 49.3. The van der Waals surface area contributed by atoms with E-state index in [1.807, 2.05) is 19.1 Å². The van der Waals surface area contributed by atoms with Gasteiger partial charge in [0.05, 0.1) is 6.54 Å². The minimum atomic E-state index is -0.457. The van der Waals surface area contributed by atoms with Gasteiger partial charge in [-0.2, -0.15) is 0 Å². The molecule has 0 spiro atoms. The molecule has 1 aromatic rings. The monoisotopic (exact) mass is 395 g/mol. The van der Waals surface area contributed by atoms with Gasteiger partial charge in [-0.1, -0.05) is 15.9 Å². The molecule has 0 radical (unpaired) electrons. The topological polar surface area (TPSA) is 86.8 Å². The molecule has 0 unspecified atom stereocenters. The molecule has 7 nitrogen and oxygen atoms in total. The number of benzene rings is 1. The fourth-order valence-corrected chi connectivity index (χ4v) is 2.79. The first-order valence-electron chi connectivity index (χ1n) is 7.41. The number of nitrogens with one attached hydrogen (secondary N) is 1. The number of aryl methyl sites for hydroxylation is 1. The van der Waals surface area contributed by atoms with Crippen LogP contribution < -0.4 is 5.32 Å². The molecule has 24 heavy (non-hydrogen) atoms. The Morgan fingerprint density at radius 2 is 1.88 bits per heavy atom. The number of likely N-dealkylation sites (N-methyl/N-ethyl adjacent to an activating group) is 1. The average Bonchev–Trinajstić information content (AvgIpc) is 2.82. The lowest BCUT2D eigenvalue weighted by molar-refractivity contribution is -0.145. The summed E-state index contributed by atoms with van der Waals surface area (Å²) < 4.78 is 0.908. The van der Waals surface area contributed by atoms with Crippen LogP contribution in [0.25, 0.3) is 0 Å². The number of likely N-dealkylation sites (tertiary alicyclic amines) is 1. The SMILES string of the molecule is Cc1cc(Br)ccc1NC(=O)CN(C)C(=O)CN1C(=O)CCC1=O. The Morgan fingerprint density at radius 3 is 2.46 bits per heavy atom. The Bertz CT molecular complexity index is 689. The third kappa shape index (κ3) is 4.41. The van der Waals surface area contributed by atoms with Crippen molar-refractivity contribution in [2.75, 3.05) is 25.5 Å². The highest BCUT2D eigenvalue weighted by atomic mass is 79.9. The number of amides is 4. The summed E-state index contributed by atoms with van der Waals surface area (Å²) in [6, 6.07) is 5.44. The molecule has 1 heterocycles. The summed E-state index contributed by atoms with van der Waals surface area (Å²) in [5.41, 5.74) is 1.55. The van der Waals surface area contributed by atoms with Crippen molar-refractivity contribution in [3.63, 3.8) is 0 Å². The van der Waals surface area contributed by atoms with Gasteiger partial charge >= 0.3 is 0 Å². The van der Waals surface area contributed by atoms with Crippen LogP contribution in [-0.2, 0) is 19.2 Å².